The van der Waals surface area contributed by atoms with Gasteiger partial charge in [0.25, 0.3) is 5.91 Å². The minimum atomic E-state index is -0.291. The normalized spacial score (nSPS) is 25.8. The van der Waals surface area contributed by atoms with Crippen LogP contribution in [0.4, 0.5) is 5.69 Å². The summed E-state index contributed by atoms with van der Waals surface area (Å²) < 4.78 is 10.8. The van der Waals surface area contributed by atoms with E-state index in [4.69, 9.17) is 21.1 Å². The summed E-state index contributed by atoms with van der Waals surface area (Å²) in [6, 6.07) is 12.7. The number of benzene rings is 2. The minimum Gasteiger partial charge on any atom is -0.454 e. The highest BCUT2D eigenvalue weighted by Crippen LogP contribution is 2.32. The molecular weight excluding hydrogens is 406 g/mol. The maximum Gasteiger partial charge on any atom is 0.292 e. The molecule has 30 heavy (non-hydrogen) atoms. The first-order chi connectivity index (χ1) is 14.6. The summed E-state index contributed by atoms with van der Waals surface area (Å²) in [5.41, 5.74) is 1.82. The molecule has 0 bridgehead atoms. The van der Waals surface area contributed by atoms with Gasteiger partial charge >= 0.3 is 0 Å². The molecule has 0 aliphatic carbocycles. The van der Waals surface area contributed by atoms with E-state index in [2.05, 4.69) is 12.1 Å². The molecular formula is C22H24ClN3O4+2. The highest BCUT2D eigenvalue weighted by Gasteiger charge is 2.46. The lowest BCUT2D eigenvalue weighted by Crippen LogP contribution is -3.29. The van der Waals surface area contributed by atoms with Crippen LogP contribution in [0.5, 0.6) is 11.5 Å². The van der Waals surface area contributed by atoms with Crippen LogP contribution < -0.4 is 24.2 Å². The molecule has 0 spiro atoms. The molecule has 8 heteroatoms. The van der Waals surface area contributed by atoms with Crippen molar-refractivity contribution in [3.63, 3.8) is 0 Å². The van der Waals surface area contributed by atoms with Gasteiger partial charge in [0, 0.05) is 10.6 Å². The first-order valence-electron chi connectivity index (χ1n) is 10.3. The molecule has 3 aliphatic rings. The van der Waals surface area contributed by atoms with Crippen molar-refractivity contribution < 1.29 is 28.9 Å². The zero-order chi connectivity index (χ0) is 20.7. The van der Waals surface area contributed by atoms with Crippen LogP contribution in [0.2, 0.25) is 5.02 Å². The van der Waals surface area contributed by atoms with Crippen molar-refractivity contribution in [3.05, 3.63) is 53.1 Å². The highest BCUT2D eigenvalue weighted by atomic mass is 35.5. The standard InChI is InChI=1S/C22H22ClN3O4/c23-16-2-4-17(5-3-16)26-21(27)12-18(22(26)28)25-9-7-24(8-10-25)13-15-1-6-19-20(11-15)30-14-29-19/h1-6,11,18H,7-10,12-14H2/p+2/t18-/m1/s1. The number of carbonyl (C=O) groups is 2. The molecule has 2 saturated heterocycles. The topological polar surface area (TPSA) is 64.7 Å². The van der Waals surface area contributed by atoms with Gasteiger partial charge in [-0.15, -0.1) is 0 Å². The number of imide groups is 1. The molecule has 2 N–H and O–H groups in total. The zero-order valence-electron chi connectivity index (χ0n) is 16.5. The van der Waals surface area contributed by atoms with Crippen molar-refractivity contribution in [2.45, 2.75) is 19.0 Å². The Morgan fingerprint density at radius 2 is 1.70 bits per heavy atom. The van der Waals surface area contributed by atoms with E-state index in [9.17, 15) is 9.59 Å². The number of rotatable bonds is 4. The van der Waals surface area contributed by atoms with E-state index in [1.807, 2.05) is 6.07 Å². The van der Waals surface area contributed by atoms with Gasteiger partial charge in [-0.05, 0) is 42.5 Å². The second-order valence-electron chi connectivity index (χ2n) is 8.07. The molecule has 2 fully saturated rings. The fraction of sp³-hybridized carbons (Fsp3) is 0.364. The summed E-state index contributed by atoms with van der Waals surface area (Å²) in [6.45, 7) is 4.87. The fourth-order valence-corrected chi connectivity index (χ4v) is 4.73. The van der Waals surface area contributed by atoms with Crippen LogP contribution in [-0.2, 0) is 16.1 Å². The number of hydrogen-bond acceptors (Lipinski definition) is 4. The van der Waals surface area contributed by atoms with Crippen molar-refractivity contribution >= 4 is 29.1 Å². The Morgan fingerprint density at radius 1 is 0.967 bits per heavy atom. The van der Waals surface area contributed by atoms with E-state index in [1.54, 1.807) is 24.3 Å². The third-order valence-corrected chi connectivity index (χ3v) is 6.47. The summed E-state index contributed by atoms with van der Waals surface area (Å²) in [4.78, 5) is 29.6. The number of amides is 2. The Labute approximate surface area is 179 Å². The van der Waals surface area contributed by atoms with Crippen molar-refractivity contribution in [1.82, 2.24) is 0 Å². The van der Waals surface area contributed by atoms with Gasteiger partial charge in [-0.1, -0.05) is 11.6 Å². The van der Waals surface area contributed by atoms with Crippen LogP contribution >= 0.6 is 11.6 Å². The third kappa shape index (κ3) is 3.64. The smallest absolute Gasteiger partial charge is 0.292 e. The second kappa shape index (κ2) is 7.91. The van der Waals surface area contributed by atoms with E-state index in [0.29, 0.717) is 10.7 Å². The molecule has 3 aliphatic heterocycles. The summed E-state index contributed by atoms with van der Waals surface area (Å²) >= 11 is 5.93. The molecule has 0 radical (unpaired) electrons. The number of quaternary nitrogens is 2. The van der Waals surface area contributed by atoms with Crippen LogP contribution in [0.3, 0.4) is 0 Å². The molecule has 0 unspecified atom stereocenters. The van der Waals surface area contributed by atoms with Gasteiger partial charge < -0.3 is 19.3 Å². The van der Waals surface area contributed by atoms with Crippen LogP contribution in [0, 0.1) is 0 Å². The summed E-state index contributed by atoms with van der Waals surface area (Å²) in [5, 5.41) is 0.585. The summed E-state index contributed by atoms with van der Waals surface area (Å²) in [6.07, 6.45) is 0.272. The molecule has 0 aromatic heterocycles. The van der Waals surface area contributed by atoms with Gasteiger partial charge in [-0.3, -0.25) is 9.59 Å². The number of fused-ring (bicyclic) bond motifs is 1. The number of anilines is 1. The Bertz CT molecular complexity index is 973. The summed E-state index contributed by atoms with van der Waals surface area (Å²) in [5.74, 6) is 1.39. The number of nitrogens with one attached hydrogen (secondary N) is 2. The van der Waals surface area contributed by atoms with Gasteiger partial charge in [0.1, 0.15) is 32.7 Å². The lowest BCUT2D eigenvalue weighted by molar-refractivity contribution is -1.02. The molecule has 1 atom stereocenters. The Morgan fingerprint density at radius 3 is 2.47 bits per heavy atom. The van der Waals surface area contributed by atoms with E-state index in [-0.39, 0.29) is 31.1 Å². The first-order valence-corrected chi connectivity index (χ1v) is 10.7. The van der Waals surface area contributed by atoms with Crippen LogP contribution in [0.1, 0.15) is 12.0 Å². The average molecular weight is 430 g/mol. The average Bonchev–Trinajstić information content (AvgIpc) is 3.33. The molecule has 3 heterocycles. The van der Waals surface area contributed by atoms with Crippen LogP contribution in [-0.4, -0.2) is 50.8 Å². The SMILES string of the molecule is O=C1C[C@@H]([NH+]2CC[NH+](Cc3ccc4c(c3)OCO4)CC2)C(=O)N1c1ccc(Cl)cc1. The molecule has 7 nitrogen and oxygen atoms in total. The Kier molecular flexibility index (Phi) is 5.10. The van der Waals surface area contributed by atoms with Crippen molar-refractivity contribution in [2.75, 3.05) is 37.9 Å². The largest absolute Gasteiger partial charge is 0.454 e. The maximum atomic E-state index is 13.0. The molecule has 2 aromatic carbocycles. The maximum absolute atomic E-state index is 13.0. The highest BCUT2D eigenvalue weighted by molar-refractivity contribution is 6.30. The number of carbonyl (C=O) groups excluding carboxylic acids is 2. The molecule has 156 valence electrons. The molecule has 5 rings (SSSR count). The van der Waals surface area contributed by atoms with Crippen molar-refractivity contribution in [1.29, 1.82) is 0 Å². The number of ether oxygens (including phenoxy) is 2. The molecule has 2 amide bonds. The number of nitrogens with zero attached hydrogens (tertiary/aromatic N) is 1. The number of piperazine rings is 1. The van der Waals surface area contributed by atoms with Crippen LogP contribution in [0.15, 0.2) is 42.5 Å². The second-order valence-corrected chi connectivity index (χ2v) is 8.51. The third-order valence-electron chi connectivity index (χ3n) is 6.21. The van der Waals surface area contributed by atoms with Gasteiger partial charge in [0.2, 0.25) is 12.7 Å². The van der Waals surface area contributed by atoms with E-state index < -0.39 is 0 Å². The predicted octanol–water partition coefficient (Wildman–Crippen LogP) is -0.316. The van der Waals surface area contributed by atoms with Crippen molar-refractivity contribution in [2.24, 2.45) is 0 Å². The van der Waals surface area contributed by atoms with E-state index >= 15 is 0 Å². The van der Waals surface area contributed by atoms with E-state index in [0.717, 1.165) is 44.2 Å². The van der Waals surface area contributed by atoms with Crippen LogP contribution in [0.25, 0.3) is 0 Å². The zero-order valence-corrected chi connectivity index (χ0v) is 17.3. The fourth-order valence-electron chi connectivity index (χ4n) is 4.60. The lowest BCUT2D eigenvalue weighted by atomic mass is 10.1. The Hall–Kier alpha value is -2.61. The first kappa shape index (κ1) is 19.4. The lowest BCUT2D eigenvalue weighted by Gasteiger charge is -2.32. The van der Waals surface area contributed by atoms with Gasteiger partial charge in [0.05, 0.1) is 12.1 Å². The quantitative estimate of drug-likeness (QED) is 0.654. The van der Waals surface area contributed by atoms with E-state index in [1.165, 1.54) is 20.3 Å². The van der Waals surface area contributed by atoms with Gasteiger partial charge in [0.15, 0.2) is 17.5 Å². The minimum absolute atomic E-state index is 0.100. The monoisotopic (exact) mass is 429 g/mol. The summed E-state index contributed by atoms with van der Waals surface area (Å²) in [7, 11) is 0. The Balaban J connectivity index is 1.20. The van der Waals surface area contributed by atoms with Crippen molar-refractivity contribution in [3.8, 4) is 11.5 Å². The van der Waals surface area contributed by atoms with Gasteiger partial charge in [-0.2, -0.15) is 0 Å². The molecule has 2 aromatic rings. The predicted molar refractivity (Wildman–Crippen MR) is 110 cm³/mol. The number of hydrogen-bond donors (Lipinski definition) is 2. The number of halogens is 1. The molecule has 0 saturated carbocycles. The van der Waals surface area contributed by atoms with Gasteiger partial charge in [-0.25, -0.2) is 4.90 Å².